The first kappa shape index (κ1) is 10.9. The van der Waals surface area contributed by atoms with Gasteiger partial charge in [-0.1, -0.05) is 12.8 Å². The lowest BCUT2D eigenvalue weighted by Crippen LogP contribution is -2.38. The van der Waals surface area contributed by atoms with Crippen LogP contribution in [0.3, 0.4) is 0 Å². The molecule has 2 fully saturated rings. The van der Waals surface area contributed by atoms with E-state index in [0.29, 0.717) is 18.9 Å². The topological polar surface area (TPSA) is 49.3 Å². The van der Waals surface area contributed by atoms with E-state index in [-0.39, 0.29) is 17.9 Å². The molecule has 0 bridgehead atoms. The number of carbonyl (C=O) groups is 1. The highest BCUT2D eigenvalue weighted by Crippen LogP contribution is 2.37. The summed E-state index contributed by atoms with van der Waals surface area (Å²) >= 11 is 0. The number of nitrogens with one attached hydrogen (secondary N) is 1. The molecule has 0 saturated heterocycles. The third-order valence-electron chi connectivity index (χ3n) is 3.83. The van der Waals surface area contributed by atoms with E-state index in [9.17, 15) is 9.90 Å². The quantitative estimate of drug-likeness (QED) is 0.723. The van der Waals surface area contributed by atoms with Gasteiger partial charge in [0.2, 0.25) is 5.91 Å². The van der Waals surface area contributed by atoms with Crippen LogP contribution in [-0.2, 0) is 4.79 Å². The molecule has 86 valence electrons. The molecule has 0 aromatic carbocycles. The maximum absolute atomic E-state index is 11.5. The van der Waals surface area contributed by atoms with Gasteiger partial charge in [-0.2, -0.15) is 0 Å². The molecule has 0 aliphatic heterocycles. The van der Waals surface area contributed by atoms with Gasteiger partial charge in [0.05, 0.1) is 6.61 Å². The van der Waals surface area contributed by atoms with E-state index in [1.165, 1.54) is 25.7 Å². The summed E-state index contributed by atoms with van der Waals surface area (Å²) in [4.78, 5) is 11.5. The van der Waals surface area contributed by atoms with Crippen molar-refractivity contribution in [2.45, 2.75) is 44.9 Å². The summed E-state index contributed by atoms with van der Waals surface area (Å²) in [5, 5.41) is 12.4. The molecule has 2 saturated carbocycles. The summed E-state index contributed by atoms with van der Waals surface area (Å²) in [6, 6.07) is 0. The van der Waals surface area contributed by atoms with E-state index in [4.69, 9.17) is 0 Å². The maximum atomic E-state index is 11.5. The lowest BCUT2D eigenvalue weighted by atomic mass is 9.87. The fraction of sp³-hybridized carbons (Fsp3) is 0.917. The second kappa shape index (κ2) is 4.52. The minimum absolute atomic E-state index is 0.000783. The lowest BCUT2D eigenvalue weighted by molar-refractivity contribution is -0.122. The van der Waals surface area contributed by atoms with Crippen molar-refractivity contribution in [3.05, 3.63) is 0 Å². The number of rotatable bonds is 5. The van der Waals surface area contributed by atoms with Gasteiger partial charge >= 0.3 is 0 Å². The highest BCUT2D eigenvalue weighted by atomic mass is 16.3. The molecule has 2 rings (SSSR count). The first-order valence-corrected chi connectivity index (χ1v) is 6.12. The van der Waals surface area contributed by atoms with Crippen LogP contribution < -0.4 is 5.32 Å². The van der Waals surface area contributed by atoms with Crippen molar-refractivity contribution < 1.29 is 9.90 Å². The van der Waals surface area contributed by atoms with Crippen LogP contribution in [0.4, 0.5) is 0 Å². The Balaban J connectivity index is 1.72. The molecule has 1 amide bonds. The number of hydrogen-bond donors (Lipinski definition) is 2. The summed E-state index contributed by atoms with van der Waals surface area (Å²) in [5.74, 6) is 0.830. The molecule has 0 atom stereocenters. The molecule has 2 aliphatic carbocycles. The highest BCUT2D eigenvalue weighted by Gasteiger charge is 2.34. The molecule has 0 unspecified atom stereocenters. The van der Waals surface area contributed by atoms with E-state index in [1.54, 1.807) is 0 Å². The Morgan fingerprint density at radius 1 is 1.33 bits per heavy atom. The van der Waals surface area contributed by atoms with Gasteiger partial charge < -0.3 is 10.4 Å². The van der Waals surface area contributed by atoms with E-state index < -0.39 is 0 Å². The lowest BCUT2D eigenvalue weighted by Gasteiger charge is -2.26. The molecule has 0 radical (unpaired) electrons. The third-order valence-corrected chi connectivity index (χ3v) is 3.83. The van der Waals surface area contributed by atoms with Crippen LogP contribution >= 0.6 is 0 Å². The van der Waals surface area contributed by atoms with Crippen LogP contribution in [0, 0.1) is 11.3 Å². The molecule has 0 heterocycles. The Kier molecular flexibility index (Phi) is 3.29. The van der Waals surface area contributed by atoms with Gasteiger partial charge in [0.15, 0.2) is 0 Å². The van der Waals surface area contributed by atoms with Crippen LogP contribution in [0.25, 0.3) is 0 Å². The minimum Gasteiger partial charge on any atom is -0.396 e. The molecule has 0 aromatic heterocycles. The summed E-state index contributed by atoms with van der Waals surface area (Å²) < 4.78 is 0. The van der Waals surface area contributed by atoms with Gasteiger partial charge in [-0.3, -0.25) is 4.79 Å². The monoisotopic (exact) mass is 211 g/mol. The predicted octanol–water partition coefficient (Wildman–Crippen LogP) is 1.46. The largest absolute Gasteiger partial charge is 0.396 e. The van der Waals surface area contributed by atoms with Crippen molar-refractivity contribution in [1.82, 2.24) is 5.32 Å². The Hall–Kier alpha value is -0.570. The first-order chi connectivity index (χ1) is 7.24. The molecule has 3 heteroatoms. The second-order valence-corrected chi connectivity index (χ2v) is 5.29. The van der Waals surface area contributed by atoms with Crippen molar-refractivity contribution in [3.8, 4) is 0 Å². The number of hydrogen-bond acceptors (Lipinski definition) is 2. The fourth-order valence-corrected chi connectivity index (χ4v) is 2.46. The smallest absolute Gasteiger partial charge is 0.220 e. The van der Waals surface area contributed by atoms with Crippen LogP contribution in [0.5, 0.6) is 0 Å². The molecule has 3 nitrogen and oxygen atoms in total. The third kappa shape index (κ3) is 2.94. The van der Waals surface area contributed by atoms with Crippen molar-refractivity contribution in [1.29, 1.82) is 0 Å². The van der Waals surface area contributed by atoms with E-state index in [1.807, 2.05) is 0 Å². The van der Waals surface area contributed by atoms with Gasteiger partial charge in [-0.25, -0.2) is 0 Å². The Morgan fingerprint density at radius 3 is 2.53 bits per heavy atom. The normalized spacial score (nSPS) is 24.1. The van der Waals surface area contributed by atoms with Gasteiger partial charge in [0.1, 0.15) is 0 Å². The molecule has 2 N–H and O–H groups in total. The summed E-state index contributed by atoms with van der Waals surface area (Å²) in [7, 11) is 0. The van der Waals surface area contributed by atoms with Crippen LogP contribution in [0.15, 0.2) is 0 Å². The zero-order chi connectivity index (χ0) is 10.7. The van der Waals surface area contributed by atoms with Gasteiger partial charge in [0, 0.05) is 18.4 Å². The number of aliphatic hydroxyl groups is 1. The number of amides is 1. The van der Waals surface area contributed by atoms with Crippen molar-refractivity contribution in [2.24, 2.45) is 11.3 Å². The van der Waals surface area contributed by atoms with Gasteiger partial charge in [-0.15, -0.1) is 0 Å². The molecule has 0 aromatic rings. The average Bonchev–Trinajstić information content (AvgIpc) is 2.93. The van der Waals surface area contributed by atoms with Gasteiger partial charge in [-0.05, 0) is 31.6 Å². The number of aliphatic hydroxyl groups excluding tert-OH is 1. The van der Waals surface area contributed by atoms with Crippen molar-refractivity contribution in [2.75, 3.05) is 13.2 Å². The summed E-state index contributed by atoms with van der Waals surface area (Å²) in [6.07, 6.45) is 7.65. The Labute approximate surface area is 91.2 Å². The van der Waals surface area contributed by atoms with Crippen LogP contribution in [-0.4, -0.2) is 24.2 Å². The van der Waals surface area contributed by atoms with E-state index in [0.717, 1.165) is 12.8 Å². The fourth-order valence-electron chi connectivity index (χ4n) is 2.46. The zero-order valence-electron chi connectivity index (χ0n) is 9.30. The minimum atomic E-state index is -0.000783. The number of carbonyl (C=O) groups excluding carboxylic acids is 1. The molecular weight excluding hydrogens is 190 g/mol. The molecular formula is C12H21NO2. The maximum Gasteiger partial charge on any atom is 0.220 e. The van der Waals surface area contributed by atoms with Crippen molar-refractivity contribution in [3.63, 3.8) is 0 Å². The van der Waals surface area contributed by atoms with E-state index >= 15 is 0 Å². The predicted molar refractivity (Wildman–Crippen MR) is 58.3 cm³/mol. The highest BCUT2D eigenvalue weighted by molar-refractivity contribution is 5.76. The SMILES string of the molecule is O=C(CC1CC1)NCC1(CO)CCCC1. The Bertz CT molecular complexity index is 230. The molecule has 15 heavy (non-hydrogen) atoms. The zero-order valence-corrected chi connectivity index (χ0v) is 9.30. The van der Waals surface area contributed by atoms with E-state index in [2.05, 4.69) is 5.32 Å². The average molecular weight is 211 g/mol. The summed E-state index contributed by atoms with van der Waals surface area (Å²) in [6.45, 7) is 0.895. The van der Waals surface area contributed by atoms with Crippen molar-refractivity contribution >= 4 is 5.91 Å². The standard InChI is InChI=1S/C12H21NO2/c14-9-12(5-1-2-6-12)8-13-11(15)7-10-3-4-10/h10,14H,1-9H2,(H,13,15). The van der Waals surface area contributed by atoms with Crippen LogP contribution in [0.1, 0.15) is 44.9 Å². The molecule has 0 spiro atoms. The Morgan fingerprint density at radius 2 is 2.00 bits per heavy atom. The second-order valence-electron chi connectivity index (χ2n) is 5.29. The van der Waals surface area contributed by atoms with Gasteiger partial charge in [0.25, 0.3) is 0 Å². The summed E-state index contributed by atoms with van der Waals surface area (Å²) in [5.41, 5.74) is -0.000783. The molecule has 2 aliphatic rings. The first-order valence-electron chi connectivity index (χ1n) is 6.12. The van der Waals surface area contributed by atoms with Crippen LogP contribution in [0.2, 0.25) is 0 Å².